The first-order valence-electron chi connectivity index (χ1n) is 6.77. The van der Waals surface area contributed by atoms with Gasteiger partial charge in [0, 0.05) is 18.1 Å². The van der Waals surface area contributed by atoms with Crippen LogP contribution in [0.1, 0.15) is 22.6 Å². The molecule has 0 atom stereocenters. The number of carbonyl (C=O) groups is 2. The lowest BCUT2D eigenvalue weighted by Crippen LogP contribution is -2.13. The van der Waals surface area contributed by atoms with Crippen molar-refractivity contribution in [2.75, 3.05) is 7.11 Å². The molecule has 0 saturated heterocycles. The van der Waals surface area contributed by atoms with Crippen molar-refractivity contribution in [3.05, 3.63) is 64.9 Å². The average Bonchev–Trinajstić information content (AvgIpc) is 2.89. The number of aliphatic hydroxyl groups excluding tert-OH is 1. The molecule has 1 aromatic heterocycles. The highest BCUT2D eigenvalue weighted by Gasteiger charge is 2.18. The maximum absolute atomic E-state index is 12.9. The number of esters is 1. The van der Waals surface area contributed by atoms with Gasteiger partial charge < -0.3 is 14.3 Å². The van der Waals surface area contributed by atoms with Gasteiger partial charge in [-0.1, -0.05) is 12.1 Å². The normalized spacial score (nSPS) is 11.3. The minimum atomic E-state index is -1.08. The van der Waals surface area contributed by atoms with Crippen LogP contribution in [0.3, 0.4) is 0 Å². The summed E-state index contributed by atoms with van der Waals surface area (Å²) in [6.07, 6.45) is 1.12. The number of benzene rings is 1. The number of hydrogen-bond donors (Lipinski definition) is 1. The fraction of sp³-hybridized carbons (Fsp3) is 0.176. The molecule has 1 N–H and O–H groups in total. The van der Waals surface area contributed by atoms with Crippen molar-refractivity contribution in [2.45, 2.75) is 13.3 Å². The summed E-state index contributed by atoms with van der Waals surface area (Å²) in [6.45, 7) is 1.69. The first-order chi connectivity index (χ1) is 10.9. The zero-order valence-corrected chi connectivity index (χ0v) is 12.6. The smallest absolute Gasteiger partial charge is 0.378 e. The van der Waals surface area contributed by atoms with Gasteiger partial charge in [-0.25, -0.2) is 9.18 Å². The van der Waals surface area contributed by atoms with Gasteiger partial charge >= 0.3 is 5.97 Å². The fourth-order valence-corrected chi connectivity index (χ4v) is 2.09. The lowest BCUT2D eigenvalue weighted by molar-refractivity contribution is -0.149. The van der Waals surface area contributed by atoms with Crippen LogP contribution >= 0.6 is 0 Å². The van der Waals surface area contributed by atoms with Crippen molar-refractivity contribution >= 4 is 17.5 Å². The summed E-state index contributed by atoms with van der Waals surface area (Å²) in [5, 5.41) is 10.0. The third kappa shape index (κ3) is 4.06. The second kappa shape index (κ2) is 6.91. The van der Waals surface area contributed by atoms with E-state index in [-0.39, 0.29) is 11.6 Å². The minimum Gasteiger partial charge on any atom is -0.504 e. The standard InChI is InChI=1S/C17H15FO5/c1-10-7-12(8-11-3-5-13(18)6-4-11)16(23-10)14(19)9-15(20)17(21)22-2/h3-7,9,19H,8H2,1-2H3/b14-9-. The van der Waals surface area contributed by atoms with Crippen molar-refractivity contribution < 1.29 is 28.2 Å². The highest BCUT2D eigenvalue weighted by atomic mass is 19.1. The molecule has 2 aromatic rings. The van der Waals surface area contributed by atoms with E-state index in [9.17, 15) is 19.1 Å². The molecule has 0 aliphatic heterocycles. The summed E-state index contributed by atoms with van der Waals surface area (Å²) in [5.41, 5.74) is 1.42. The third-order valence-electron chi connectivity index (χ3n) is 3.13. The molecular weight excluding hydrogens is 303 g/mol. The van der Waals surface area contributed by atoms with E-state index < -0.39 is 17.5 Å². The molecule has 0 saturated carbocycles. The number of halogens is 1. The number of furan rings is 1. The fourth-order valence-electron chi connectivity index (χ4n) is 2.09. The quantitative estimate of drug-likeness (QED) is 0.397. The Morgan fingerprint density at radius 3 is 2.57 bits per heavy atom. The van der Waals surface area contributed by atoms with E-state index in [1.165, 1.54) is 12.1 Å². The Morgan fingerprint density at radius 2 is 1.96 bits per heavy atom. The highest BCUT2D eigenvalue weighted by molar-refractivity contribution is 6.39. The second-order valence-electron chi connectivity index (χ2n) is 4.90. The Balaban J connectivity index is 2.29. The topological polar surface area (TPSA) is 76.7 Å². The molecule has 5 nitrogen and oxygen atoms in total. The van der Waals surface area contributed by atoms with Gasteiger partial charge in [0.05, 0.1) is 7.11 Å². The van der Waals surface area contributed by atoms with Gasteiger partial charge in [0.1, 0.15) is 11.6 Å². The van der Waals surface area contributed by atoms with Gasteiger partial charge in [0.15, 0.2) is 11.5 Å². The van der Waals surface area contributed by atoms with E-state index >= 15 is 0 Å². The van der Waals surface area contributed by atoms with E-state index in [2.05, 4.69) is 4.74 Å². The third-order valence-corrected chi connectivity index (χ3v) is 3.13. The molecule has 0 aliphatic rings. The first-order valence-corrected chi connectivity index (χ1v) is 6.77. The van der Waals surface area contributed by atoms with E-state index in [1.807, 2.05) is 0 Å². The molecule has 0 spiro atoms. The summed E-state index contributed by atoms with van der Waals surface area (Å²) in [5.74, 6) is -2.27. The Hall–Kier alpha value is -2.89. The van der Waals surface area contributed by atoms with Crippen LogP contribution < -0.4 is 0 Å². The lowest BCUT2D eigenvalue weighted by Gasteiger charge is -2.03. The van der Waals surface area contributed by atoms with Crippen LogP contribution in [0.2, 0.25) is 0 Å². The molecule has 120 valence electrons. The molecule has 0 aliphatic carbocycles. The Bertz CT molecular complexity index is 756. The molecule has 0 amide bonds. The zero-order chi connectivity index (χ0) is 17.0. The van der Waals surface area contributed by atoms with Gasteiger partial charge in [0.25, 0.3) is 5.78 Å². The first kappa shape index (κ1) is 16.5. The minimum absolute atomic E-state index is 0.0871. The summed E-state index contributed by atoms with van der Waals surface area (Å²) >= 11 is 0. The largest absolute Gasteiger partial charge is 0.504 e. The highest BCUT2D eigenvalue weighted by Crippen LogP contribution is 2.24. The Kier molecular flexibility index (Phi) is 4.95. The number of hydrogen-bond acceptors (Lipinski definition) is 5. The number of ether oxygens (including phenoxy) is 1. The zero-order valence-electron chi connectivity index (χ0n) is 12.6. The van der Waals surface area contributed by atoms with Crippen LogP contribution in [-0.4, -0.2) is 24.0 Å². The van der Waals surface area contributed by atoms with Crippen LogP contribution in [0.15, 0.2) is 40.8 Å². The number of ketones is 1. The van der Waals surface area contributed by atoms with E-state index in [0.29, 0.717) is 17.7 Å². The van der Waals surface area contributed by atoms with Crippen molar-refractivity contribution in [3.8, 4) is 0 Å². The summed E-state index contributed by atoms with van der Waals surface area (Å²) in [6, 6.07) is 7.59. The van der Waals surface area contributed by atoms with Crippen LogP contribution in [-0.2, 0) is 20.7 Å². The van der Waals surface area contributed by atoms with Crippen LogP contribution in [0.4, 0.5) is 4.39 Å². The lowest BCUT2D eigenvalue weighted by atomic mass is 10.0. The maximum Gasteiger partial charge on any atom is 0.378 e. The number of aliphatic hydroxyl groups is 1. The summed E-state index contributed by atoms with van der Waals surface area (Å²) in [7, 11) is 1.07. The van der Waals surface area contributed by atoms with Gasteiger partial charge in [0.2, 0.25) is 0 Å². The van der Waals surface area contributed by atoms with E-state index in [1.54, 1.807) is 25.1 Å². The van der Waals surface area contributed by atoms with Crippen molar-refractivity contribution in [2.24, 2.45) is 0 Å². The van der Waals surface area contributed by atoms with Gasteiger partial charge in [-0.2, -0.15) is 0 Å². The second-order valence-corrected chi connectivity index (χ2v) is 4.90. The Morgan fingerprint density at radius 1 is 1.30 bits per heavy atom. The SMILES string of the molecule is COC(=O)C(=O)/C=C(\O)c1oc(C)cc1Cc1ccc(F)cc1. The average molecular weight is 318 g/mol. The molecule has 0 radical (unpaired) electrons. The molecule has 0 bridgehead atoms. The molecule has 1 heterocycles. The molecule has 1 aromatic carbocycles. The predicted molar refractivity (Wildman–Crippen MR) is 80.3 cm³/mol. The molecule has 0 unspecified atom stereocenters. The van der Waals surface area contributed by atoms with Gasteiger partial charge in [-0.3, -0.25) is 4.79 Å². The van der Waals surface area contributed by atoms with Crippen LogP contribution in [0, 0.1) is 12.7 Å². The van der Waals surface area contributed by atoms with Crippen molar-refractivity contribution in [1.29, 1.82) is 0 Å². The molecule has 0 fully saturated rings. The molecule has 23 heavy (non-hydrogen) atoms. The van der Waals surface area contributed by atoms with E-state index in [4.69, 9.17) is 4.42 Å². The van der Waals surface area contributed by atoms with Crippen LogP contribution in [0.5, 0.6) is 0 Å². The molecule has 6 heteroatoms. The maximum atomic E-state index is 12.9. The van der Waals surface area contributed by atoms with Gasteiger partial charge in [-0.05, 0) is 30.7 Å². The van der Waals surface area contributed by atoms with Crippen molar-refractivity contribution in [1.82, 2.24) is 0 Å². The van der Waals surface area contributed by atoms with Crippen LogP contribution in [0.25, 0.3) is 5.76 Å². The number of rotatable bonds is 5. The number of carbonyl (C=O) groups excluding carboxylic acids is 2. The number of aryl methyl sites for hydroxylation is 1. The monoisotopic (exact) mass is 318 g/mol. The predicted octanol–water partition coefficient (Wildman–Crippen LogP) is 2.96. The molecular formula is C17H15FO5. The summed E-state index contributed by atoms with van der Waals surface area (Å²) in [4.78, 5) is 22.6. The van der Waals surface area contributed by atoms with Gasteiger partial charge in [-0.15, -0.1) is 0 Å². The van der Waals surface area contributed by atoms with Crippen molar-refractivity contribution in [3.63, 3.8) is 0 Å². The number of methoxy groups -OCH3 is 1. The molecule has 2 rings (SSSR count). The summed E-state index contributed by atoms with van der Waals surface area (Å²) < 4.78 is 22.6. The van der Waals surface area contributed by atoms with E-state index in [0.717, 1.165) is 18.7 Å². The Labute approximate surface area is 132 Å².